The minimum Gasteiger partial charge on any atom is -0.447 e. The maximum atomic E-state index is 11.7. The lowest BCUT2D eigenvalue weighted by Gasteiger charge is -2.21. The highest BCUT2D eigenvalue weighted by Crippen LogP contribution is 2.04. The van der Waals surface area contributed by atoms with E-state index in [1.165, 1.54) is 5.23 Å². The van der Waals surface area contributed by atoms with E-state index < -0.39 is 6.09 Å². The zero-order chi connectivity index (χ0) is 30.6. The van der Waals surface area contributed by atoms with E-state index in [4.69, 9.17) is 24.2 Å². The lowest BCUT2D eigenvalue weighted by Crippen LogP contribution is -2.34. The van der Waals surface area contributed by atoms with Gasteiger partial charge in [0.15, 0.2) is 0 Å². The van der Waals surface area contributed by atoms with Crippen LogP contribution in [0.4, 0.5) is 4.79 Å². The second-order valence-corrected chi connectivity index (χ2v) is 9.25. The van der Waals surface area contributed by atoms with E-state index in [-0.39, 0.29) is 19.8 Å². The van der Waals surface area contributed by atoms with Gasteiger partial charge in [-0.2, -0.15) is 0 Å². The molecule has 3 N–H and O–H groups in total. The highest BCUT2D eigenvalue weighted by Gasteiger charge is 2.07. The molecule has 0 aromatic heterocycles. The van der Waals surface area contributed by atoms with Crippen LogP contribution in [0.25, 0.3) is 0 Å². The van der Waals surface area contributed by atoms with Crippen molar-refractivity contribution in [3.05, 3.63) is 12.7 Å². The summed E-state index contributed by atoms with van der Waals surface area (Å²) in [5.74, 6) is 0. The van der Waals surface area contributed by atoms with Gasteiger partial charge in [0.05, 0.1) is 19.6 Å². The Balaban J connectivity index is 4.00. The summed E-state index contributed by atoms with van der Waals surface area (Å²) in [5, 5.41) is 10.8. The molecule has 14 heteroatoms. The van der Waals surface area contributed by atoms with Crippen molar-refractivity contribution in [3.63, 3.8) is 0 Å². The molecule has 0 saturated carbocycles. The van der Waals surface area contributed by atoms with E-state index in [1.54, 1.807) is 18.2 Å². The summed E-state index contributed by atoms with van der Waals surface area (Å²) in [4.78, 5) is 60.0. The van der Waals surface area contributed by atoms with E-state index in [1.807, 2.05) is 0 Å². The summed E-state index contributed by atoms with van der Waals surface area (Å²) < 4.78 is 4.99. The van der Waals surface area contributed by atoms with Crippen molar-refractivity contribution in [1.82, 2.24) is 21.2 Å². The minimum atomic E-state index is -0.477. The Bertz CT molecular complexity index is 685. The van der Waals surface area contributed by atoms with Gasteiger partial charge in [-0.1, -0.05) is 49.8 Å². The van der Waals surface area contributed by atoms with E-state index >= 15 is 0 Å². The smallest absolute Gasteiger partial charge is 0.407 e. The van der Waals surface area contributed by atoms with Crippen LogP contribution in [-0.4, -0.2) is 96.0 Å². The molecule has 0 heterocycles. The molecule has 242 valence electrons. The third-order valence-electron chi connectivity index (χ3n) is 5.70. The molecular weight excluding hydrogens is 548 g/mol. The summed E-state index contributed by atoms with van der Waals surface area (Å²) in [6, 6.07) is 0. The predicted molar refractivity (Wildman–Crippen MR) is 157 cm³/mol. The molecule has 0 saturated heterocycles. The van der Waals surface area contributed by atoms with Crippen LogP contribution in [0.1, 0.15) is 77.0 Å². The first kappa shape index (κ1) is 39.5. The van der Waals surface area contributed by atoms with Crippen LogP contribution in [0.5, 0.6) is 0 Å². The number of hydrogen-bond acceptors (Lipinski definition) is 13. The number of ether oxygens (including phenoxy) is 1. The minimum absolute atomic E-state index is 0.110. The number of amides is 1. The number of isocyanates is 2. The van der Waals surface area contributed by atoms with Gasteiger partial charge in [0.25, 0.3) is 0 Å². The summed E-state index contributed by atoms with van der Waals surface area (Å²) >= 11 is 0. The van der Waals surface area contributed by atoms with Crippen LogP contribution < -0.4 is 16.0 Å². The Labute approximate surface area is 250 Å². The number of carbonyl (C=O) groups excluding carboxylic acids is 3. The Kier molecular flexibility index (Phi) is 32.6. The van der Waals surface area contributed by atoms with Gasteiger partial charge >= 0.3 is 6.09 Å². The van der Waals surface area contributed by atoms with Gasteiger partial charge in [-0.15, -0.1) is 6.58 Å². The van der Waals surface area contributed by atoms with Crippen molar-refractivity contribution in [2.75, 3.05) is 72.6 Å². The fraction of sp³-hybridized carbons (Fsp3) is 0.821. The van der Waals surface area contributed by atoms with Crippen LogP contribution in [0.15, 0.2) is 22.6 Å². The molecule has 0 aliphatic rings. The first-order chi connectivity index (χ1) is 20.7. The van der Waals surface area contributed by atoms with Crippen molar-refractivity contribution in [2.45, 2.75) is 77.0 Å². The molecule has 0 aromatic rings. The van der Waals surface area contributed by atoms with E-state index in [9.17, 15) is 14.4 Å². The molecule has 14 nitrogen and oxygen atoms in total. The molecule has 1 amide bonds. The molecular formula is C28H52N6O8. The van der Waals surface area contributed by atoms with E-state index in [2.05, 4.69) is 32.5 Å². The Hall–Kier alpha value is -2.51. The molecule has 0 radical (unpaired) electrons. The third-order valence-corrected chi connectivity index (χ3v) is 5.70. The number of nitrogens with zero attached hydrogens (tertiary/aromatic N) is 3. The van der Waals surface area contributed by atoms with Crippen LogP contribution in [0.3, 0.4) is 0 Å². The maximum Gasteiger partial charge on any atom is 0.407 e. The highest BCUT2D eigenvalue weighted by molar-refractivity contribution is 5.66. The zero-order valence-corrected chi connectivity index (χ0v) is 25.2. The van der Waals surface area contributed by atoms with Gasteiger partial charge in [-0.25, -0.2) is 34.1 Å². The van der Waals surface area contributed by atoms with Crippen molar-refractivity contribution in [3.8, 4) is 0 Å². The van der Waals surface area contributed by atoms with E-state index in [0.29, 0.717) is 39.6 Å². The zero-order valence-electron chi connectivity index (χ0n) is 25.2. The average Bonchev–Trinajstić information content (AvgIpc) is 2.99. The fourth-order valence-electron chi connectivity index (χ4n) is 3.51. The van der Waals surface area contributed by atoms with Crippen LogP contribution in [0.2, 0.25) is 0 Å². The number of hydrogen-bond donors (Lipinski definition) is 3. The largest absolute Gasteiger partial charge is 0.447 e. The number of aliphatic imine (C=N–C) groups is 2. The van der Waals surface area contributed by atoms with Gasteiger partial charge < -0.3 is 10.1 Å². The Morgan fingerprint density at radius 3 is 1.83 bits per heavy atom. The van der Waals surface area contributed by atoms with Crippen molar-refractivity contribution < 1.29 is 38.6 Å². The van der Waals surface area contributed by atoms with Gasteiger partial charge in [0.1, 0.15) is 33.3 Å². The molecule has 0 aromatic carbocycles. The monoisotopic (exact) mass is 600 g/mol. The quantitative estimate of drug-likeness (QED) is 0.0192. The summed E-state index contributed by atoms with van der Waals surface area (Å²) in [7, 11) is 0. The van der Waals surface area contributed by atoms with Crippen molar-refractivity contribution in [2.24, 2.45) is 9.98 Å². The lowest BCUT2D eigenvalue weighted by atomic mass is 10.2. The first-order valence-corrected chi connectivity index (χ1v) is 15.0. The second kappa shape index (κ2) is 34.7. The Morgan fingerprint density at radius 1 is 0.714 bits per heavy atom. The van der Waals surface area contributed by atoms with Crippen molar-refractivity contribution >= 4 is 18.3 Å². The molecule has 42 heavy (non-hydrogen) atoms. The number of rotatable bonds is 33. The number of hydroxylamine groups is 2. The van der Waals surface area contributed by atoms with Crippen molar-refractivity contribution in [1.29, 1.82) is 0 Å². The second-order valence-electron chi connectivity index (χ2n) is 9.25. The fourth-order valence-corrected chi connectivity index (χ4v) is 3.51. The molecule has 0 aliphatic heterocycles. The topological polar surface area (TPSA) is 161 Å². The molecule has 0 bridgehead atoms. The third kappa shape index (κ3) is 32.0. The molecule has 0 unspecified atom stereocenters. The standard InChI is InChI=1S/C28H52N6O8/c1-2-21-41-42-23-22-38-28(37)33-19-13-7-8-14-20-34(39-26-31-17-11-5-3-9-15-29-24-35)40-27-32-18-12-6-4-10-16-30-25-36/h2,31-32H,1,3-23,26-27H2,(H,33,37). The molecule has 0 fully saturated rings. The maximum absolute atomic E-state index is 11.7. The molecule has 0 spiro atoms. The average molecular weight is 601 g/mol. The predicted octanol–water partition coefficient (Wildman–Crippen LogP) is 3.46. The van der Waals surface area contributed by atoms with Gasteiger partial charge in [-0.3, -0.25) is 20.3 Å². The van der Waals surface area contributed by atoms with Crippen LogP contribution in [-0.2, 0) is 33.8 Å². The summed E-state index contributed by atoms with van der Waals surface area (Å²) in [6.07, 6.45) is 15.8. The molecule has 0 atom stereocenters. The first-order valence-electron chi connectivity index (χ1n) is 15.0. The molecule has 0 rings (SSSR count). The summed E-state index contributed by atoms with van der Waals surface area (Å²) in [5.41, 5.74) is 0. The van der Waals surface area contributed by atoms with Crippen LogP contribution in [0, 0.1) is 0 Å². The van der Waals surface area contributed by atoms with Gasteiger partial charge in [0.2, 0.25) is 12.2 Å². The highest BCUT2D eigenvalue weighted by atomic mass is 17.2. The van der Waals surface area contributed by atoms with Gasteiger partial charge in [-0.05, 0) is 51.6 Å². The number of nitrogens with one attached hydrogen (secondary N) is 3. The number of alkyl carbamates (subject to hydrolysis) is 1. The van der Waals surface area contributed by atoms with E-state index in [0.717, 1.165) is 90.1 Å². The van der Waals surface area contributed by atoms with Gasteiger partial charge in [0, 0.05) is 6.54 Å². The number of carbonyl (C=O) groups is 1. The normalized spacial score (nSPS) is 10.7. The SMILES string of the molecule is C=CCOOCCOC(=O)NCCCCCCN(OCNCCCCCCN=C=O)OCNCCCCCCN=C=O. The lowest BCUT2D eigenvalue weighted by molar-refractivity contribution is -0.373. The Morgan fingerprint density at radius 2 is 1.26 bits per heavy atom. The number of unbranched alkanes of at least 4 members (excludes halogenated alkanes) is 9. The summed E-state index contributed by atoms with van der Waals surface area (Å²) in [6.45, 7) is 8.62. The molecule has 0 aliphatic carbocycles. The van der Waals surface area contributed by atoms with Crippen LogP contribution >= 0.6 is 0 Å².